The highest BCUT2D eigenvalue weighted by molar-refractivity contribution is 6.32. The van der Waals surface area contributed by atoms with Crippen LogP contribution in [0.2, 0.25) is 5.02 Å². The van der Waals surface area contributed by atoms with Crippen molar-refractivity contribution in [3.8, 4) is 5.75 Å². The van der Waals surface area contributed by atoms with E-state index in [1.165, 1.54) is 0 Å². The molecule has 2 amide bonds. The number of rotatable bonds is 6. The van der Waals surface area contributed by atoms with Crippen LogP contribution in [0, 0.1) is 0 Å². The molecule has 0 heterocycles. The van der Waals surface area contributed by atoms with Gasteiger partial charge in [-0.1, -0.05) is 23.7 Å². The number of carbonyl (C=O) groups is 2. The van der Waals surface area contributed by atoms with Gasteiger partial charge in [-0.2, -0.15) is 0 Å². The summed E-state index contributed by atoms with van der Waals surface area (Å²) in [4.78, 5) is 23.3. The number of para-hydroxylation sites is 1. The molecule has 0 spiro atoms. The van der Waals surface area contributed by atoms with Crippen LogP contribution in [0.4, 0.5) is 0 Å². The first-order chi connectivity index (χ1) is 9.56. The predicted molar refractivity (Wildman–Crippen MR) is 75.7 cm³/mol. The molecule has 0 radical (unpaired) electrons. The normalized spacial score (nSPS) is 15.3. The van der Waals surface area contributed by atoms with Crippen molar-refractivity contribution in [2.24, 2.45) is 0 Å². The SMILES string of the molecule is CC(Oc1ccccc1Cl)C(=O)NCC(=O)NC1CC1. The smallest absolute Gasteiger partial charge is 0.261 e. The second kappa shape index (κ2) is 6.61. The number of benzene rings is 1. The van der Waals surface area contributed by atoms with E-state index in [0.717, 1.165) is 12.8 Å². The van der Waals surface area contributed by atoms with E-state index in [-0.39, 0.29) is 24.4 Å². The first-order valence-corrected chi connectivity index (χ1v) is 6.92. The topological polar surface area (TPSA) is 67.4 Å². The third-order valence-corrected chi connectivity index (χ3v) is 3.19. The van der Waals surface area contributed by atoms with Crippen molar-refractivity contribution in [1.29, 1.82) is 0 Å². The molecule has 1 saturated carbocycles. The lowest BCUT2D eigenvalue weighted by molar-refractivity contribution is -0.130. The fourth-order valence-electron chi connectivity index (χ4n) is 1.60. The van der Waals surface area contributed by atoms with E-state index in [4.69, 9.17) is 16.3 Å². The maximum Gasteiger partial charge on any atom is 0.261 e. The molecule has 1 atom stereocenters. The molecular formula is C14H17ClN2O3. The molecular weight excluding hydrogens is 280 g/mol. The minimum absolute atomic E-state index is 0.0362. The molecule has 108 valence electrons. The van der Waals surface area contributed by atoms with E-state index >= 15 is 0 Å². The first kappa shape index (κ1) is 14.7. The third-order valence-electron chi connectivity index (χ3n) is 2.88. The molecule has 2 N–H and O–H groups in total. The van der Waals surface area contributed by atoms with Crippen molar-refractivity contribution in [3.05, 3.63) is 29.3 Å². The van der Waals surface area contributed by atoms with E-state index in [1.807, 2.05) is 0 Å². The minimum Gasteiger partial charge on any atom is -0.479 e. The number of hydrogen-bond donors (Lipinski definition) is 2. The maximum atomic E-state index is 11.8. The van der Waals surface area contributed by atoms with Crippen LogP contribution in [0.15, 0.2) is 24.3 Å². The zero-order valence-corrected chi connectivity index (χ0v) is 11.9. The number of carbonyl (C=O) groups excluding carboxylic acids is 2. The van der Waals surface area contributed by atoms with Crippen LogP contribution >= 0.6 is 11.6 Å². The number of halogens is 1. The summed E-state index contributed by atoms with van der Waals surface area (Å²) >= 11 is 5.94. The van der Waals surface area contributed by atoms with Crippen molar-refractivity contribution in [2.75, 3.05) is 6.54 Å². The fourth-order valence-corrected chi connectivity index (χ4v) is 1.78. The van der Waals surface area contributed by atoms with E-state index in [0.29, 0.717) is 10.8 Å². The van der Waals surface area contributed by atoms with Gasteiger partial charge in [0.25, 0.3) is 5.91 Å². The molecule has 0 bridgehead atoms. The highest BCUT2D eigenvalue weighted by Gasteiger charge is 2.23. The highest BCUT2D eigenvalue weighted by atomic mass is 35.5. The Balaban J connectivity index is 1.76. The van der Waals surface area contributed by atoms with Gasteiger partial charge in [-0.05, 0) is 31.9 Å². The predicted octanol–water partition coefficient (Wildman–Crippen LogP) is 1.50. The summed E-state index contributed by atoms with van der Waals surface area (Å²) in [5, 5.41) is 5.77. The van der Waals surface area contributed by atoms with Crippen molar-refractivity contribution in [2.45, 2.75) is 31.9 Å². The van der Waals surface area contributed by atoms with E-state index in [1.54, 1.807) is 31.2 Å². The zero-order valence-electron chi connectivity index (χ0n) is 11.2. The van der Waals surface area contributed by atoms with Gasteiger partial charge < -0.3 is 15.4 Å². The van der Waals surface area contributed by atoms with Crippen LogP contribution in [0.5, 0.6) is 5.75 Å². The Kier molecular flexibility index (Phi) is 4.84. The molecule has 1 aromatic rings. The monoisotopic (exact) mass is 296 g/mol. The Bertz CT molecular complexity index is 503. The molecule has 1 aliphatic rings. The second-order valence-corrected chi connectivity index (χ2v) is 5.16. The van der Waals surface area contributed by atoms with Gasteiger partial charge in [0.1, 0.15) is 5.75 Å². The number of amides is 2. The lowest BCUT2D eigenvalue weighted by Gasteiger charge is -2.15. The Labute approximate surface area is 122 Å². The maximum absolute atomic E-state index is 11.8. The summed E-state index contributed by atoms with van der Waals surface area (Å²) in [6.45, 7) is 1.57. The standard InChI is InChI=1S/C14H17ClN2O3/c1-9(20-12-5-3-2-4-11(12)15)14(19)16-8-13(18)17-10-6-7-10/h2-5,9-10H,6-8H2,1H3,(H,16,19)(H,17,18). The van der Waals surface area contributed by atoms with Gasteiger partial charge in [0.05, 0.1) is 11.6 Å². The van der Waals surface area contributed by atoms with Gasteiger partial charge in [-0.25, -0.2) is 0 Å². The number of hydrogen-bond acceptors (Lipinski definition) is 3. The van der Waals surface area contributed by atoms with Gasteiger partial charge in [0, 0.05) is 6.04 Å². The number of ether oxygens (including phenoxy) is 1. The molecule has 0 aromatic heterocycles. The largest absolute Gasteiger partial charge is 0.479 e. The molecule has 1 fully saturated rings. The van der Waals surface area contributed by atoms with Gasteiger partial charge >= 0.3 is 0 Å². The molecule has 5 nitrogen and oxygen atoms in total. The summed E-state index contributed by atoms with van der Waals surface area (Å²) in [7, 11) is 0. The molecule has 20 heavy (non-hydrogen) atoms. The average Bonchev–Trinajstić information content (AvgIpc) is 3.22. The van der Waals surface area contributed by atoms with Crippen LogP contribution in [0.3, 0.4) is 0 Å². The minimum atomic E-state index is -0.719. The first-order valence-electron chi connectivity index (χ1n) is 6.54. The molecule has 0 aliphatic heterocycles. The van der Waals surface area contributed by atoms with Crippen LogP contribution in [-0.4, -0.2) is 30.5 Å². The molecule has 6 heteroatoms. The van der Waals surface area contributed by atoms with E-state index in [2.05, 4.69) is 10.6 Å². The van der Waals surface area contributed by atoms with Crippen LogP contribution < -0.4 is 15.4 Å². The highest BCUT2D eigenvalue weighted by Crippen LogP contribution is 2.24. The second-order valence-electron chi connectivity index (χ2n) is 4.75. The van der Waals surface area contributed by atoms with Crippen molar-refractivity contribution in [1.82, 2.24) is 10.6 Å². The van der Waals surface area contributed by atoms with E-state index < -0.39 is 6.10 Å². The van der Waals surface area contributed by atoms with Gasteiger partial charge in [0.15, 0.2) is 6.10 Å². The fraction of sp³-hybridized carbons (Fsp3) is 0.429. The zero-order chi connectivity index (χ0) is 14.5. The molecule has 2 rings (SSSR count). The van der Waals surface area contributed by atoms with Crippen LogP contribution in [0.25, 0.3) is 0 Å². The Morgan fingerprint density at radius 3 is 2.75 bits per heavy atom. The van der Waals surface area contributed by atoms with Gasteiger partial charge in [-0.15, -0.1) is 0 Å². The summed E-state index contributed by atoms with van der Waals surface area (Å²) in [6, 6.07) is 7.21. The quantitative estimate of drug-likeness (QED) is 0.836. The van der Waals surface area contributed by atoms with Crippen molar-refractivity contribution >= 4 is 23.4 Å². The number of nitrogens with one attached hydrogen (secondary N) is 2. The van der Waals surface area contributed by atoms with Crippen molar-refractivity contribution in [3.63, 3.8) is 0 Å². The Hall–Kier alpha value is -1.75. The Morgan fingerprint density at radius 1 is 1.40 bits per heavy atom. The lowest BCUT2D eigenvalue weighted by atomic mass is 10.3. The molecule has 1 unspecified atom stereocenters. The lowest BCUT2D eigenvalue weighted by Crippen LogP contribution is -2.42. The molecule has 1 aromatic carbocycles. The summed E-state index contributed by atoms with van der Waals surface area (Å²) in [5.74, 6) is -0.0825. The van der Waals surface area contributed by atoms with Crippen LogP contribution in [0.1, 0.15) is 19.8 Å². The molecule has 1 aliphatic carbocycles. The third kappa shape index (κ3) is 4.42. The molecule has 0 saturated heterocycles. The summed E-state index contributed by atoms with van der Waals surface area (Å²) < 4.78 is 5.46. The van der Waals surface area contributed by atoms with E-state index in [9.17, 15) is 9.59 Å². The summed E-state index contributed by atoms with van der Waals surface area (Å²) in [6.07, 6.45) is 1.32. The Morgan fingerprint density at radius 2 is 2.10 bits per heavy atom. The van der Waals surface area contributed by atoms with Crippen LogP contribution in [-0.2, 0) is 9.59 Å². The van der Waals surface area contributed by atoms with Gasteiger partial charge in [-0.3, -0.25) is 9.59 Å². The van der Waals surface area contributed by atoms with Crippen molar-refractivity contribution < 1.29 is 14.3 Å². The van der Waals surface area contributed by atoms with Gasteiger partial charge in [0.2, 0.25) is 5.91 Å². The average molecular weight is 297 g/mol. The summed E-state index contributed by atoms with van der Waals surface area (Å²) in [5.41, 5.74) is 0.